The van der Waals surface area contributed by atoms with Gasteiger partial charge < -0.3 is 10.2 Å². The highest BCUT2D eigenvalue weighted by Crippen LogP contribution is 2.34. The van der Waals surface area contributed by atoms with Gasteiger partial charge in [-0.15, -0.1) is 0 Å². The van der Waals surface area contributed by atoms with Crippen molar-refractivity contribution in [2.75, 3.05) is 23.3 Å². The van der Waals surface area contributed by atoms with Crippen LogP contribution in [0.4, 0.5) is 17.3 Å². The molecule has 4 heteroatoms. The van der Waals surface area contributed by atoms with Crippen molar-refractivity contribution in [1.29, 1.82) is 0 Å². The molecule has 2 aliphatic rings. The van der Waals surface area contributed by atoms with Crippen LogP contribution >= 0.6 is 0 Å². The van der Waals surface area contributed by atoms with Crippen molar-refractivity contribution < 1.29 is 0 Å². The second-order valence-corrected chi connectivity index (χ2v) is 4.77. The smallest absolute Gasteiger partial charge is 0.136 e. The van der Waals surface area contributed by atoms with E-state index in [-0.39, 0.29) is 0 Å². The zero-order valence-corrected chi connectivity index (χ0v) is 10.1. The van der Waals surface area contributed by atoms with Gasteiger partial charge in [-0.2, -0.15) is 0 Å². The molecule has 0 radical (unpaired) electrons. The number of rotatable bonds is 1. The molecule has 0 amide bonds. The van der Waals surface area contributed by atoms with Crippen molar-refractivity contribution in [1.82, 2.24) is 9.97 Å². The fourth-order valence-corrected chi connectivity index (χ4v) is 2.77. The molecule has 0 aliphatic carbocycles. The average molecular weight is 238 g/mol. The number of nitrogens with zero attached hydrogens (tertiary/aromatic N) is 3. The van der Waals surface area contributed by atoms with Gasteiger partial charge in [0.2, 0.25) is 0 Å². The fraction of sp³-hybridized carbons (Fsp3) is 0.286. The van der Waals surface area contributed by atoms with Gasteiger partial charge in [-0.3, -0.25) is 0 Å². The third kappa shape index (κ3) is 1.38. The minimum absolute atomic E-state index is 1.00. The van der Waals surface area contributed by atoms with Crippen LogP contribution in [0.5, 0.6) is 0 Å². The van der Waals surface area contributed by atoms with Crippen molar-refractivity contribution in [2.24, 2.45) is 0 Å². The minimum atomic E-state index is 1.00. The van der Waals surface area contributed by atoms with Gasteiger partial charge in [0.15, 0.2) is 0 Å². The van der Waals surface area contributed by atoms with Crippen molar-refractivity contribution in [3.8, 4) is 0 Å². The van der Waals surface area contributed by atoms with Gasteiger partial charge in [-0.1, -0.05) is 6.07 Å². The largest absolute Gasteiger partial charge is 0.370 e. The van der Waals surface area contributed by atoms with E-state index in [0.29, 0.717) is 0 Å². The average Bonchev–Trinajstić information content (AvgIpc) is 3.04. The quantitative estimate of drug-likeness (QED) is 0.826. The fourth-order valence-electron chi connectivity index (χ4n) is 2.77. The van der Waals surface area contributed by atoms with E-state index in [2.05, 4.69) is 32.3 Å². The Hall–Kier alpha value is -2.10. The summed E-state index contributed by atoms with van der Waals surface area (Å²) in [4.78, 5) is 11.3. The predicted octanol–water partition coefficient (Wildman–Crippen LogP) is 2.14. The van der Waals surface area contributed by atoms with Gasteiger partial charge in [-0.25, -0.2) is 9.97 Å². The third-order valence-electron chi connectivity index (χ3n) is 3.68. The van der Waals surface area contributed by atoms with Crippen LogP contribution in [0.2, 0.25) is 0 Å². The van der Waals surface area contributed by atoms with Crippen LogP contribution in [0, 0.1) is 0 Å². The van der Waals surface area contributed by atoms with E-state index < -0.39 is 0 Å². The Balaban J connectivity index is 1.77. The van der Waals surface area contributed by atoms with E-state index in [0.717, 1.165) is 43.3 Å². The Bertz CT molecular complexity index is 608. The molecular weight excluding hydrogens is 224 g/mol. The van der Waals surface area contributed by atoms with E-state index in [9.17, 15) is 0 Å². The van der Waals surface area contributed by atoms with Crippen LogP contribution < -0.4 is 10.2 Å². The molecule has 2 aromatic heterocycles. The normalized spacial score (nSPS) is 16.3. The highest BCUT2D eigenvalue weighted by molar-refractivity contribution is 5.68. The van der Waals surface area contributed by atoms with Crippen LogP contribution in [-0.2, 0) is 12.8 Å². The van der Waals surface area contributed by atoms with Crippen LogP contribution in [0.25, 0.3) is 0 Å². The summed E-state index contributed by atoms with van der Waals surface area (Å²) in [5, 5.41) is 3.29. The van der Waals surface area contributed by atoms with Gasteiger partial charge in [0.1, 0.15) is 11.6 Å². The molecule has 0 unspecified atom stereocenters. The lowest BCUT2D eigenvalue weighted by atomic mass is 10.2. The maximum atomic E-state index is 4.50. The number of hydrogen-bond donors (Lipinski definition) is 1. The Morgan fingerprint density at radius 2 is 2.17 bits per heavy atom. The first-order valence-electron chi connectivity index (χ1n) is 6.36. The van der Waals surface area contributed by atoms with Gasteiger partial charge in [0.25, 0.3) is 0 Å². The lowest BCUT2D eigenvalue weighted by Crippen LogP contribution is -2.14. The van der Waals surface area contributed by atoms with Gasteiger partial charge in [0.05, 0.1) is 11.9 Å². The van der Waals surface area contributed by atoms with E-state index in [1.54, 1.807) is 0 Å². The van der Waals surface area contributed by atoms with Crippen LogP contribution in [0.15, 0.2) is 30.6 Å². The standard InChI is InChI=1S/C14H14N4/c1-2-10-4-7-18(14(10)16-5-1)12-8-11-3-6-15-13(11)17-9-12/h1-2,5,8-9H,3-4,6-7H2,(H,15,17). The maximum Gasteiger partial charge on any atom is 0.136 e. The summed E-state index contributed by atoms with van der Waals surface area (Å²) in [6.45, 7) is 2.00. The SMILES string of the molecule is c1cnc2c(c1)CCN2c1cnc2c(c1)CCN2. The van der Waals surface area contributed by atoms with E-state index in [1.165, 1.54) is 11.1 Å². The van der Waals surface area contributed by atoms with E-state index in [4.69, 9.17) is 0 Å². The van der Waals surface area contributed by atoms with Crippen LogP contribution in [0.1, 0.15) is 11.1 Å². The summed E-state index contributed by atoms with van der Waals surface area (Å²) in [5.41, 5.74) is 3.81. The second-order valence-electron chi connectivity index (χ2n) is 4.77. The number of pyridine rings is 2. The third-order valence-corrected chi connectivity index (χ3v) is 3.68. The molecule has 4 rings (SSSR count). The molecule has 0 fully saturated rings. The van der Waals surface area contributed by atoms with Crippen LogP contribution in [0.3, 0.4) is 0 Å². The molecule has 0 saturated carbocycles. The molecule has 1 N–H and O–H groups in total. The van der Waals surface area contributed by atoms with Crippen molar-refractivity contribution in [2.45, 2.75) is 12.8 Å². The minimum Gasteiger partial charge on any atom is -0.370 e. The Morgan fingerprint density at radius 3 is 3.17 bits per heavy atom. The molecule has 2 aliphatic heterocycles. The van der Waals surface area contributed by atoms with Crippen LogP contribution in [-0.4, -0.2) is 23.1 Å². The first-order valence-corrected chi connectivity index (χ1v) is 6.36. The second kappa shape index (κ2) is 3.70. The molecule has 90 valence electrons. The molecule has 0 bridgehead atoms. The molecule has 0 aromatic carbocycles. The molecule has 4 heterocycles. The maximum absolute atomic E-state index is 4.50. The molecule has 0 atom stereocenters. The van der Waals surface area contributed by atoms with Crippen molar-refractivity contribution in [3.05, 3.63) is 41.7 Å². The Labute approximate surface area is 106 Å². The van der Waals surface area contributed by atoms with Gasteiger partial charge in [0, 0.05) is 19.3 Å². The van der Waals surface area contributed by atoms with Crippen molar-refractivity contribution >= 4 is 17.3 Å². The summed E-state index contributed by atoms with van der Waals surface area (Å²) in [5.74, 6) is 2.13. The summed E-state index contributed by atoms with van der Waals surface area (Å²) in [7, 11) is 0. The lowest BCUT2D eigenvalue weighted by Gasteiger charge is -2.18. The highest BCUT2D eigenvalue weighted by Gasteiger charge is 2.23. The van der Waals surface area contributed by atoms with Gasteiger partial charge in [-0.05, 0) is 36.1 Å². The molecule has 2 aromatic rings. The summed E-state index contributed by atoms with van der Waals surface area (Å²) < 4.78 is 0. The molecule has 4 nitrogen and oxygen atoms in total. The number of anilines is 3. The number of fused-ring (bicyclic) bond motifs is 2. The topological polar surface area (TPSA) is 41.1 Å². The predicted molar refractivity (Wildman–Crippen MR) is 71.4 cm³/mol. The summed E-state index contributed by atoms with van der Waals surface area (Å²) in [6, 6.07) is 6.41. The first-order chi connectivity index (χ1) is 8.92. The first kappa shape index (κ1) is 9.88. The Kier molecular flexibility index (Phi) is 2.03. The highest BCUT2D eigenvalue weighted by atomic mass is 15.2. The van der Waals surface area contributed by atoms with E-state index >= 15 is 0 Å². The zero-order chi connectivity index (χ0) is 11.9. The molecule has 0 saturated heterocycles. The van der Waals surface area contributed by atoms with Crippen molar-refractivity contribution in [3.63, 3.8) is 0 Å². The number of nitrogens with one attached hydrogen (secondary N) is 1. The number of hydrogen-bond acceptors (Lipinski definition) is 4. The van der Waals surface area contributed by atoms with Gasteiger partial charge >= 0.3 is 0 Å². The Morgan fingerprint density at radius 1 is 1.17 bits per heavy atom. The van der Waals surface area contributed by atoms with E-state index in [1.807, 2.05) is 18.5 Å². The molecular formula is C14H14N4. The number of aromatic nitrogens is 2. The molecule has 0 spiro atoms. The lowest BCUT2D eigenvalue weighted by molar-refractivity contribution is 0.982. The summed E-state index contributed by atoms with van der Waals surface area (Å²) >= 11 is 0. The summed E-state index contributed by atoms with van der Waals surface area (Å²) in [6.07, 6.45) is 5.94. The zero-order valence-electron chi connectivity index (χ0n) is 10.1. The monoisotopic (exact) mass is 238 g/mol. The molecule has 18 heavy (non-hydrogen) atoms.